The van der Waals surface area contributed by atoms with Crippen molar-refractivity contribution in [2.45, 2.75) is 12.8 Å². The number of hydrogen-bond acceptors (Lipinski definition) is 2. The van der Waals surface area contributed by atoms with Crippen LogP contribution < -0.4 is 5.32 Å². The topological polar surface area (TPSA) is 77.9 Å². The number of hydrogen-bond donors (Lipinski definition) is 1. The Kier molecular flexibility index (Phi) is 6.18. The van der Waals surface area contributed by atoms with E-state index in [9.17, 15) is 9.18 Å². The summed E-state index contributed by atoms with van der Waals surface area (Å²) in [6.07, 6.45) is 1.41. The van der Waals surface area contributed by atoms with Gasteiger partial charge in [0.05, 0.1) is 5.56 Å². The Bertz CT molecular complexity index is 474. The van der Waals surface area contributed by atoms with Crippen LogP contribution in [0.4, 0.5) is 4.39 Å². The van der Waals surface area contributed by atoms with E-state index in [1.165, 1.54) is 18.2 Å². The largest absolute Gasteiger partial charge is 0.352 e. The summed E-state index contributed by atoms with van der Waals surface area (Å²) in [5.41, 5.74) is 8.33. The fraction of sp³-hybridized carbons (Fsp3) is 0.364. The molecule has 0 spiro atoms. The van der Waals surface area contributed by atoms with Gasteiger partial charge in [-0.3, -0.25) is 4.79 Å². The maximum Gasteiger partial charge on any atom is 0.252 e. The second-order valence-corrected chi connectivity index (χ2v) is 4.40. The van der Waals surface area contributed by atoms with Gasteiger partial charge < -0.3 is 5.32 Å². The third kappa shape index (κ3) is 4.73. The number of nitrogens with zero attached hydrogens (tertiary/aromatic N) is 3. The number of unbranched alkanes of at least 4 members (excludes halogenated alkanes) is 1. The molecule has 1 rings (SSSR count). The van der Waals surface area contributed by atoms with Crippen LogP contribution in [0.2, 0.25) is 0 Å². The van der Waals surface area contributed by atoms with Gasteiger partial charge in [-0.1, -0.05) is 5.11 Å². The highest BCUT2D eigenvalue weighted by Crippen LogP contribution is 2.17. The molecule has 0 aliphatic rings. The molecule has 0 radical (unpaired) electrons. The van der Waals surface area contributed by atoms with Crippen molar-refractivity contribution in [2.24, 2.45) is 5.11 Å². The van der Waals surface area contributed by atoms with Crippen molar-refractivity contribution < 1.29 is 9.18 Å². The van der Waals surface area contributed by atoms with Crippen LogP contribution in [0.25, 0.3) is 10.4 Å². The normalized spacial score (nSPS) is 9.67. The summed E-state index contributed by atoms with van der Waals surface area (Å²) in [6.45, 7) is 0.874. The first-order chi connectivity index (χ1) is 8.65. The number of carbonyl (C=O) groups is 1. The van der Waals surface area contributed by atoms with Crippen LogP contribution >= 0.6 is 15.9 Å². The van der Waals surface area contributed by atoms with E-state index >= 15 is 0 Å². The maximum absolute atomic E-state index is 13.0. The summed E-state index contributed by atoms with van der Waals surface area (Å²) in [6, 6.07) is 3.95. The average molecular weight is 315 g/mol. The summed E-state index contributed by atoms with van der Waals surface area (Å²) < 4.78 is 13.5. The second kappa shape index (κ2) is 7.68. The van der Waals surface area contributed by atoms with Gasteiger partial charge in [-0.15, -0.1) is 0 Å². The van der Waals surface area contributed by atoms with E-state index < -0.39 is 5.82 Å². The van der Waals surface area contributed by atoms with Gasteiger partial charge >= 0.3 is 0 Å². The monoisotopic (exact) mass is 314 g/mol. The van der Waals surface area contributed by atoms with E-state index in [1.807, 2.05) is 0 Å². The Morgan fingerprint density at radius 1 is 1.50 bits per heavy atom. The second-order valence-electron chi connectivity index (χ2n) is 3.54. The molecule has 0 aliphatic heterocycles. The van der Waals surface area contributed by atoms with Gasteiger partial charge in [0.25, 0.3) is 5.91 Å². The first-order valence-electron chi connectivity index (χ1n) is 5.39. The summed E-state index contributed by atoms with van der Waals surface area (Å²) in [7, 11) is 0. The lowest BCUT2D eigenvalue weighted by Gasteiger charge is -2.06. The van der Waals surface area contributed by atoms with Crippen molar-refractivity contribution in [3.8, 4) is 0 Å². The van der Waals surface area contributed by atoms with Crippen LogP contribution in [-0.4, -0.2) is 19.0 Å². The molecule has 96 valence electrons. The van der Waals surface area contributed by atoms with Gasteiger partial charge in [-0.2, -0.15) is 0 Å². The summed E-state index contributed by atoms with van der Waals surface area (Å²) in [5.74, 6) is -0.781. The molecule has 1 aromatic carbocycles. The maximum atomic E-state index is 13.0. The standard InChI is InChI=1S/C11H12BrFN4O/c12-10-4-3-8(13)7-9(10)11(18)15-5-1-2-6-16-17-14/h3-4,7H,1-2,5-6H2,(H,15,18). The zero-order valence-corrected chi connectivity index (χ0v) is 11.2. The van der Waals surface area contributed by atoms with E-state index in [4.69, 9.17) is 5.53 Å². The van der Waals surface area contributed by atoms with Crippen LogP contribution in [0.1, 0.15) is 23.2 Å². The Labute approximate surface area is 112 Å². The third-order valence-electron chi connectivity index (χ3n) is 2.21. The summed E-state index contributed by atoms with van der Waals surface area (Å²) in [4.78, 5) is 14.3. The Balaban J connectivity index is 2.41. The molecule has 0 aliphatic carbocycles. The minimum absolute atomic E-state index is 0.269. The van der Waals surface area contributed by atoms with E-state index in [1.54, 1.807) is 0 Å². The molecule has 0 bridgehead atoms. The quantitative estimate of drug-likeness (QED) is 0.371. The minimum atomic E-state index is -0.452. The molecule has 1 amide bonds. The molecule has 18 heavy (non-hydrogen) atoms. The van der Waals surface area contributed by atoms with Crippen LogP contribution in [0.15, 0.2) is 27.8 Å². The van der Waals surface area contributed by atoms with Crippen molar-refractivity contribution in [3.63, 3.8) is 0 Å². The SMILES string of the molecule is [N-]=[N+]=NCCCCNC(=O)c1cc(F)ccc1Br. The van der Waals surface area contributed by atoms with Crippen molar-refractivity contribution in [1.29, 1.82) is 0 Å². The van der Waals surface area contributed by atoms with Gasteiger partial charge in [0.15, 0.2) is 0 Å². The van der Waals surface area contributed by atoms with Crippen LogP contribution in [0.3, 0.4) is 0 Å². The van der Waals surface area contributed by atoms with Gasteiger partial charge in [0, 0.05) is 22.5 Å². The number of benzene rings is 1. The van der Waals surface area contributed by atoms with E-state index in [0.29, 0.717) is 30.4 Å². The molecular formula is C11H12BrFN4O. The zero-order chi connectivity index (χ0) is 13.4. The molecule has 0 unspecified atom stereocenters. The molecule has 1 aromatic rings. The molecule has 7 heteroatoms. The number of amides is 1. The van der Waals surface area contributed by atoms with Crippen LogP contribution in [-0.2, 0) is 0 Å². The lowest BCUT2D eigenvalue weighted by atomic mass is 10.2. The van der Waals surface area contributed by atoms with E-state index in [-0.39, 0.29) is 11.5 Å². The molecular weight excluding hydrogens is 303 g/mol. The first kappa shape index (κ1) is 14.5. The fourth-order valence-corrected chi connectivity index (χ4v) is 1.75. The summed E-state index contributed by atoms with van der Waals surface area (Å²) >= 11 is 3.19. The van der Waals surface area contributed by atoms with Crippen molar-refractivity contribution >= 4 is 21.8 Å². The number of carbonyl (C=O) groups excluding carboxylic acids is 1. The molecule has 0 atom stereocenters. The lowest BCUT2D eigenvalue weighted by molar-refractivity contribution is 0.0952. The molecule has 0 saturated heterocycles. The molecule has 0 aromatic heterocycles. The smallest absolute Gasteiger partial charge is 0.252 e. The van der Waals surface area contributed by atoms with E-state index in [2.05, 4.69) is 31.3 Å². The van der Waals surface area contributed by atoms with Gasteiger partial charge in [-0.25, -0.2) is 4.39 Å². The van der Waals surface area contributed by atoms with Crippen molar-refractivity contribution in [2.75, 3.05) is 13.1 Å². The summed E-state index contributed by atoms with van der Waals surface area (Å²) in [5, 5.41) is 6.06. The van der Waals surface area contributed by atoms with Crippen LogP contribution in [0.5, 0.6) is 0 Å². The number of rotatable bonds is 6. The van der Waals surface area contributed by atoms with E-state index in [0.717, 1.165) is 0 Å². The Morgan fingerprint density at radius 2 is 2.28 bits per heavy atom. The minimum Gasteiger partial charge on any atom is -0.352 e. The highest BCUT2D eigenvalue weighted by molar-refractivity contribution is 9.10. The Hall–Kier alpha value is -1.59. The predicted octanol–water partition coefficient (Wildman–Crippen LogP) is 3.41. The van der Waals surface area contributed by atoms with Gasteiger partial charge in [-0.05, 0) is 52.5 Å². The van der Waals surface area contributed by atoms with Crippen LogP contribution in [0, 0.1) is 5.82 Å². The van der Waals surface area contributed by atoms with Crippen molar-refractivity contribution in [3.05, 3.63) is 44.5 Å². The molecule has 1 N–H and O–H groups in total. The zero-order valence-electron chi connectivity index (χ0n) is 9.57. The lowest BCUT2D eigenvalue weighted by Crippen LogP contribution is -2.25. The average Bonchev–Trinajstić information content (AvgIpc) is 2.36. The highest BCUT2D eigenvalue weighted by Gasteiger charge is 2.10. The van der Waals surface area contributed by atoms with Gasteiger partial charge in [0.1, 0.15) is 5.82 Å². The molecule has 0 saturated carbocycles. The number of halogens is 2. The third-order valence-corrected chi connectivity index (χ3v) is 2.90. The number of nitrogens with one attached hydrogen (secondary N) is 1. The highest BCUT2D eigenvalue weighted by atomic mass is 79.9. The predicted molar refractivity (Wildman–Crippen MR) is 69.7 cm³/mol. The molecule has 0 fully saturated rings. The fourth-order valence-electron chi connectivity index (χ4n) is 1.32. The first-order valence-corrected chi connectivity index (χ1v) is 6.18. The molecule has 0 heterocycles. The number of azide groups is 1. The molecule has 5 nitrogen and oxygen atoms in total. The Morgan fingerprint density at radius 3 is 3.00 bits per heavy atom. The van der Waals surface area contributed by atoms with Gasteiger partial charge in [0.2, 0.25) is 0 Å². The van der Waals surface area contributed by atoms with Crippen molar-refractivity contribution in [1.82, 2.24) is 5.32 Å².